The second-order valence-corrected chi connectivity index (χ2v) is 7.32. The lowest BCUT2D eigenvalue weighted by Crippen LogP contribution is -2.46. The first-order valence-electron chi connectivity index (χ1n) is 6.70. The van der Waals surface area contributed by atoms with Gasteiger partial charge in [-0.2, -0.15) is 4.31 Å². The third kappa shape index (κ3) is 2.97. The Hall–Kier alpha value is -1.38. The van der Waals surface area contributed by atoms with Crippen LogP contribution in [0.2, 0.25) is 0 Å². The molecule has 0 radical (unpaired) electrons. The fraction of sp³-hybridized carbons (Fsp3) is 0.615. The van der Waals surface area contributed by atoms with Crippen LogP contribution in [-0.2, 0) is 21.8 Å². The van der Waals surface area contributed by atoms with Gasteiger partial charge in [0, 0.05) is 33.4 Å². The number of carboxylic acid groups (broad SMARTS) is 1. The van der Waals surface area contributed by atoms with Crippen molar-refractivity contribution >= 4 is 16.0 Å². The summed E-state index contributed by atoms with van der Waals surface area (Å²) in [6.45, 7) is 2.74. The van der Waals surface area contributed by atoms with Gasteiger partial charge in [0.25, 0.3) is 0 Å². The van der Waals surface area contributed by atoms with E-state index in [1.807, 2.05) is 6.92 Å². The van der Waals surface area contributed by atoms with Gasteiger partial charge in [-0.25, -0.2) is 13.2 Å². The van der Waals surface area contributed by atoms with Gasteiger partial charge in [0.05, 0.1) is 6.10 Å². The first-order chi connectivity index (χ1) is 9.77. The maximum Gasteiger partial charge on any atom is 0.352 e. The molecule has 8 heteroatoms. The predicted molar refractivity (Wildman–Crippen MR) is 75.7 cm³/mol. The summed E-state index contributed by atoms with van der Waals surface area (Å²) >= 11 is 0. The number of rotatable bonds is 4. The molecule has 2 rings (SSSR count). The van der Waals surface area contributed by atoms with E-state index in [0.717, 1.165) is 6.42 Å². The molecule has 1 aromatic rings. The summed E-state index contributed by atoms with van der Waals surface area (Å²) in [6, 6.07) is 1.19. The van der Waals surface area contributed by atoms with Crippen molar-refractivity contribution in [1.29, 1.82) is 0 Å². The van der Waals surface area contributed by atoms with Crippen LogP contribution in [0.25, 0.3) is 0 Å². The first-order valence-corrected chi connectivity index (χ1v) is 8.14. The van der Waals surface area contributed by atoms with Crippen molar-refractivity contribution in [3.05, 3.63) is 18.0 Å². The van der Waals surface area contributed by atoms with E-state index in [-0.39, 0.29) is 23.2 Å². The molecule has 1 saturated heterocycles. The van der Waals surface area contributed by atoms with Crippen molar-refractivity contribution < 1.29 is 23.1 Å². The number of hydrogen-bond acceptors (Lipinski definition) is 4. The lowest BCUT2D eigenvalue weighted by molar-refractivity contribution is 0.0184. The highest BCUT2D eigenvalue weighted by Crippen LogP contribution is 2.26. The minimum atomic E-state index is -3.69. The van der Waals surface area contributed by atoms with Crippen LogP contribution in [0, 0.1) is 5.92 Å². The number of carboxylic acids is 1. The highest BCUT2D eigenvalue weighted by molar-refractivity contribution is 7.89. The van der Waals surface area contributed by atoms with Crippen LogP contribution >= 0.6 is 0 Å². The van der Waals surface area contributed by atoms with Crippen molar-refractivity contribution in [2.75, 3.05) is 20.2 Å². The smallest absolute Gasteiger partial charge is 0.352 e. The molecule has 0 amide bonds. The molecule has 0 saturated carbocycles. The van der Waals surface area contributed by atoms with Gasteiger partial charge in [-0.15, -0.1) is 0 Å². The molecule has 1 aromatic heterocycles. The average Bonchev–Trinajstić information content (AvgIpc) is 2.82. The third-order valence-corrected chi connectivity index (χ3v) is 5.82. The van der Waals surface area contributed by atoms with E-state index in [1.54, 1.807) is 7.11 Å². The Kier molecular flexibility index (Phi) is 4.40. The van der Waals surface area contributed by atoms with E-state index in [0.29, 0.717) is 12.5 Å². The van der Waals surface area contributed by atoms with Crippen molar-refractivity contribution in [2.24, 2.45) is 13.0 Å². The van der Waals surface area contributed by atoms with E-state index >= 15 is 0 Å². The lowest BCUT2D eigenvalue weighted by Gasteiger charge is -2.35. The van der Waals surface area contributed by atoms with E-state index in [1.165, 1.54) is 28.2 Å². The van der Waals surface area contributed by atoms with Gasteiger partial charge < -0.3 is 14.4 Å². The molecule has 2 unspecified atom stereocenters. The Morgan fingerprint density at radius 2 is 2.14 bits per heavy atom. The van der Waals surface area contributed by atoms with Crippen LogP contribution in [0.1, 0.15) is 23.8 Å². The van der Waals surface area contributed by atoms with Crippen LogP contribution in [0.3, 0.4) is 0 Å². The summed E-state index contributed by atoms with van der Waals surface area (Å²) in [5, 5.41) is 9.02. The van der Waals surface area contributed by atoms with Crippen LogP contribution < -0.4 is 0 Å². The molecule has 2 heterocycles. The second kappa shape index (κ2) is 5.78. The molecule has 0 bridgehead atoms. The molecule has 7 nitrogen and oxygen atoms in total. The summed E-state index contributed by atoms with van der Waals surface area (Å²) in [6.07, 6.45) is 1.91. The number of aryl methyl sites for hydroxylation is 1. The summed E-state index contributed by atoms with van der Waals surface area (Å²) in [5.74, 6) is -0.854. The monoisotopic (exact) mass is 316 g/mol. The molecule has 118 valence electrons. The zero-order valence-corrected chi connectivity index (χ0v) is 13.1. The van der Waals surface area contributed by atoms with Gasteiger partial charge in [-0.1, -0.05) is 6.92 Å². The number of methoxy groups -OCH3 is 1. The van der Waals surface area contributed by atoms with Crippen LogP contribution in [0.4, 0.5) is 0 Å². The number of aromatic carboxylic acids is 1. The molecule has 21 heavy (non-hydrogen) atoms. The molecule has 2 atom stereocenters. The van der Waals surface area contributed by atoms with Gasteiger partial charge in [-0.05, 0) is 18.4 Å². The normalized spacial score (nSPS) is 24.1. The van der Waals surface area contributed by atoms with Crippen molar-refractivity contribution in [1.82, 2.24) is 8.87 Å². The quantitative estimate of drug-likeness (QED) is 0.886. The maximum atomic E-state index is 12.6. The maximum absolute atomic E-state index is 12.6. The van der Waals surface area contributed by atoms with Gasteiger partial charge in [0.1, 0.15) is 10.6 Å². The number of piperidine rings is 1. The van der Waals surface area contributed by atoms with Crippen LogP contribution in [-0.4, -0.2) is 54.7 Å². The zero-order chi connectivity index (χ0) is 15.8. The first kappa shape index (κ1) is 16.0. The standard InChI is InChI=1S/C13H20N2O5S/c1-9-4-5-15(8-12(9)20-3)21(18,19)10-6-11(13(16)17)14(2)7-10/h6-7,9,12H,4-5,8H2,1-3H3,(H,16,17). The SMILES string of the molecule is COC1CN(S(=O)(=O)c2cc(C(=O)O)n(C)c2)CCC1C. The molecule has 0 aliphatic carbocycles. The average molecular weight is 316 g/mol. The molecule has 1 fully saturated rings. The van der Waals surface area contributed by atoms with Crippen LogP contribution in [0.5, 0.6) is 0 Å². The highest BCUT2D eigenvalue weighted by Gasteiger charge is 2.34. The number of nitrogens with zero attached hydrogens (tertiary/aromatic N) is 2. The predicted octanol–water partition coefficient (Wildman–Crippen LogP) is 0.769. The minimum Gasteiger partial charge on any atom is -0.477 e. The van der Waals surface area contributed by atoms with Crippen LogP contribution in [0.15, 0.2) is 17.2 Å². The second-order valence-electron chi connectivity index (χ2n) is 5.38. The summed E-state index contributed by atoms with van der Waals surface area (Å²) in [5.41, 5.74) is -0.0535. The molecule has 1 aliphatic heterocycles. The largest absolute Gasteiger partial charge is 0.477 e. The molecular formula is C13H20N2O5S. The number of hydrogen-bond donors (Lipinski definition) is 1. The van der Waals surface area contributed by atoms with Gasteiger partial charge in [0.2, 0.25) is 10.0 Å². The number of ether oxygens (including phenoxy) is 1. The topological polar surface area (TPSA) is 88.8 Å². The minimum absolute atomic E-state index is 0.00630. The van der Waals surface area contributed by atoms with Gasteiger partial charge in [-0.3, -0.25) is 0 Å². The van der Waals surface area contributed by atoms with Crippen molar-refractivity contribution in [2.45, 2.75) is 24.3 Å². The Morgan fingerprint density at radius 3 is 2.67 bits per heavy atom. The lowest BCUT2D eigenvalue weighted by atomic mass is 9.97. The summed E-state index contributed by atoms with van der Waals surface area (Å²) in [4.78, 5) is 11.0. The van der Waals surface area contributed by atoms with E-state index in [2.05, 4.69) is 0 Å². The Bertz CT molecular complexity index is 637. The van der Waals surface area contributed by atoms with Gasteiger partial charge >= 0.3 is 5.97 Å². The number of aromatic nitrogens is 1. The summed E-state index contributed by atoms with van der Waals surface area (Å²) in [7, 11) is -0.610. The molecule has 0 spiro atoms. The third-order valence-electron chi connectivity index (χ3n) is 3.99. The summed E-state index contributed by atoms with van der Waals surface area (Å²) < 4.78 is 33.2. The van der Waals surface area contributed by atoms with Crippen molar-refractivity contribution in [3.8, 4) is 0 Å². The number of carbonyl (C=O) groups is 1. The molecule has 1 aliphatic rings. The molecule has 0 aromatic carbocycles. The fourth-order valence-corrected chi connectivity index (χ4v) is 4.11. The van der Waals surface area contributed by atoms with Crippen molar-refractivity contribution in [3.63, 3.8) is 0 Å². The van der Waals surface area contributed by atoms with E-state index in [4.69, 9.17) is 9.84 Å². The number of sulfonamides is 1. The Labute approximate surface area is 124 Å². The van der Waals surface area contributed by atoms with Gasteiger partial charge in [0.15, 0.2) is 0 Å². The van der Waals surface area contributed by atoms with E-state index < -0.39 is 16.0 Å². The Morgan fingerprint density at radius 1 is 1.48 bits per heavy atom. The zero-order valence-electron chi connectivity index (χ0n) is 12.3. The fourth-order valence-electron chi connectivity index (χ4n) is 2.57. The molecule has 1 N–H and O–H groups in total. The molecular weight excluding hydrogens is 296 g/mol. The highest BCUT2D eigenvalue weighted by atomic mass is 32.2. The van der Waals surface area contributed by atoms with E-state index in [9.17, 15) is 13.2 Å². The Balaban J connectivity index is 2.30.